The first-order valence-electron chi connectivity index (χ1n) is 6.37. The van der Waals surface area contributed by atoms with Gasteiger partial charge in [0.15, 0.2) is 0 Å². The minimum atomic E-state index is -0.508. The van der Waals surface area contributed by atoms with Crippen molar-refractivity contribution in [3.8, 4) is 0 Å². The van der Waals surface area contributed by atoms with E-state index in [2.05, 4.69) is 0 Å². The van der Waals surface area contributed by atoms with Crippen LogP contribution in [0.3, 0.4) is 0 Å². The van der Waals surface area contributed by atoms with Crippen LogP contribution >= 0.6 is 11.8 Å². The van der Waals surface area contributed by atoms with Crippen molar-refractivity contribution in [1.82, 2.24) is 0 Å². The van der Waals surface area contributed by atoms with Crippen LogP contribution in [-0.4, -0.2) is 24.6 Å². The highest BCUT2D eigenvalue weighted by molar-refractivity contribution is 7.98. The molecule has 1 aromatic carbocycles. The summed E-state index contributed by atoms with van der Waals surface area (Å²) in [5.41, 5.74) is 0.988. The lowest BCUT2D eigenvalue weighted by atomic mass is 9.76. The molecule has 19 heavy (non-hydrogen) atoms. The third-order valence-electron chi connectivity index (χ3n) is 4.09. The van der Waals surface area contributed by atoms with Crippen LogP contribution in [0.4, 0.5) is 4.39 Å². The van der Waals surface area contributed by atoms with E-state index in [1.807, 2.05) is 40.9 Å². The Balaban J connectivity index is 2.42. The van der Waals surface area contributed by atoms with Gasteiger partial charge in [0.25, 0.3) is 0 Å². The third kappa shape index (κ3) is 2.56. The monoisotopic (exact) mass is 282 g/mol. The Bertz CT molecular complexity index is 486. The molecule has 1 aromatic rings. The lowest BCUT2D eigenvalue weighted by Crippen LogP contribution is -2.41. The van der Waals surface area contributed by atoms with Crippen LogP contribution in [0.15, 0.2) is 17.0 Å². The number of hydrogen-bond donors (Lipinski definition) is 0. The number of halogens is 1. The van der Waals surface area contributed by atoms with Gasteiger partial charge < -0.3 is 9.31 Å². The smallest absolute Gasteiger partial charge is 0.399 e. The maximum absolute atomic E-state index is 13.7. The van der Waals surface area contributed by atoms with Gasteiger partial charge >= 0.3 is 7.12 Å². The molecule has 0 saturated carbocycles. The average molecular weight is 282 g/mol. The molecule has 2 nitrogen and oxygen atoms in total. The number of rotatable bonds is 2. The van der Waals surface area contributed by atoms with Gasteiger partial charge in [-0.3, -0.25) is 0 Å². The molecule has 1 fully saturated rings. The molecule has 1 aliphatic heterocycles. The van der Waals surface area contributed by atoms with E-state index in [1.165, 1.54) is 17.8 Å². The van der Waals surface area contributed by atoms with E-state index in [9.17, 15) is 4.39 Å². The van der Waals surface area contributed by atoms with Gasteiger partial charge in [-0.05, 0) is 64.0 Å². The van der Waals surface area contributed by atoms with Crippen molar-refractivity contribution in [3.05, 3.63) is 23.5 Å². The molecule has 1 saturated heterocycles. The molecule has 0 atom stereocenters. The van der Waals surface area contributed by atoms with Crippen LogP contribution in [0.25, 0.3) is 0 Å². The van der Waals surface area contributed by atoms with Crippen LogP contribution in [0.1, 0.15) is 33.3 Å². The Morgan fingerprint density at radius 3 is 2.11 bits per heavy atom. The van der Waals surface area contributed by atoms with Crippen LogP contribution in [0, 0.1) is 12.7 Å². The third-order valence-corrected chi connectivity index (χ3v) is 4.96. The van der Waals surface area contributed by atoms with Gasteiger partial charge in [0.05, 0.1) is 11.2 Å². The van der Waals surface area contributed by atoms with Crippen LogP contribution < -0.4 is 5.46 Å². The molecule has 104 valence electrons. The molecule has 0 radical (unpaired) electrons. The summed E-state index contributed by atoms with van der Waals surface area (Å²) in [6, 6.07) is 3.06. The molecular weight excluding hydrogens is 262 g/mol. The molecule has 0 bridgehead atoms. The van der Waals surface area contributed by atoms with Crippen molar-refractivity contribution in [1.29, 1.82) is 0 Å². The van der Waals surface area contributed by atoms with Crippen molar-refractivity contribution in [3.63, 3.8) is 0 Å². The largest absolute Gasteiger partial charge is 0.495 e. The van der Waals surface area contributed by atoms with Gasteiger partial charge in [0.2, 0.25) is 0 Å². The Morgan fingerprint density at radius 1 is 1.11 bits per heavy atom. The molecule has 1 heterocycles. The van der Waals surface area contributed by atoms with E-state index in [1.54, 1.807) is 6.07 Å². The van der Waals surface area contributed by atoms with Gasteiger partial charge in [0.1, 0.15) is 5.82 Å². The Hall–Kier alpha value is -0.515. The minimum absolute atomic E-state index is 0.250. The lowest BCUT2D eigenvalue weighted by Gasteiger charge is -2.32. The predicted molar refractivity (Wildman–Crippen MR) is 78.6 cm³/mol. The summed E-state index contributed by atoms with van der Waals surface area (Å²) in [5, 5.41) is 0. The zero-order valence-electron chi connectivity index (χ0n) is 12.3. The zero-order chi connectivity index (χ0) is 14.4. The second kappa shape index (κ2) is 4.79. The summed E-state index contributed by atoms with van der Waals surface area (Å²) in [6.07, 6.45) is 1.94. The standard InChI is InChI=1S/C14H20BFO2S/c1-9-11(7-10(16)8-12(9)19-6)15-17-13(2,3)14(4,5)18-15/h7-8H,1-6H3. The Morgan fingerprint density at radius 2 is 1.63 bits per heavy atom. The highest BCUT2D eigenvalue weighted by atomic mass is 32.2. The van der Waals surface area contributed by atoms with E-state index in [0.29, 0.717) is 0 Å². The topological polar surface area (TPSA) is 18.5 Å². The molecule has 0 unspecified atom stereocenters. The molecular formula is C14H20BFO2S. The highest BCUT2D eigenvalue weighted by Crippen LogP contribution is 2.37. The maximum Gasteiger partial charge on any atom is 0.495 e. The number of hydrogen-bond acceptors (Lipinski definition) is 3. The Kier molecular flexibility index (Phi) is 3.76. The summed E-state index contributed by atoms with van der Waals surface area (Å²) < 4.78 is 25.7. The summed E-state index contributed by atoms with van der Waals surface area (Å²) >= 11 is 1.53. The van der Waals surface area contributed by atoms with Gasteiger partial charge in [-0.15, -0.1) is 11.8 Å². The van der Waals surface area contributed by atoms with E-state index >= 15 is 0 Å². The van der Waals surface area contributed by atoms with E-state index in [0.717, 1.165) is 15.9 Å². The van der Waals surface area contributed by atoms with Crippen molar-refractivity contribution < 1.29 is 13.7 Å². The first kappa shape index (κ1) is 14.9. The lowest BCUT2D eigenvalue weighted by molar-refractivity contribution is 0.00578. The summed E-state index contributed by atoms with van der Waals surface area (Å²) in [7, 11) is -0.508. The average Bonchev–Trinajstić information content (AvgIpc) is 2.50. The number of thioether (sulfide) groups is 1. The quantitative estimate of drug-likeness (QED) is 0.613. The molecule has 0 aromatic heterocycles. The summed E-state index contributed by atoms with van der Waals surface area (Å²) in [6.45, 7) is 9.97. The molecule has 2 rings (SSSR count). The summed E-state index contributed by atoms with van der Waals surface area (Å²) in [4.78, 5) is 0.921. The number of benzene rings is 1. The van der Waals surface area contributed by atoms with Crippen molar-refractivity contribution in [2.24, 2.45) is 0 Å². The predicted octanol–water partition coefficient (Wildman–Crippen LogP) is 3.16. The Labute approximate surface area is 119 Å². The highest BCUT2D eigenvalue weighted by Gasteiger charge is 2.52. The van der Waals surface area contributed by atoms with Gasteiger partial charge in [-0.1, -0.05) is 0 Å². The molecule has 0 amide bonds. The second-order valence-electron chi connectivity index (χ2n) is 5.91. The van der Waals surface area contributed by atoms with Crippen LogP contribution in [-0.2, 0) is 9.31 Å². The van der Waals surface area contributed by atoms with Crippen LogP contribution in [0.5, 0.6) is 0 Å². The maximum atomic E-state index is 13.7. The normalized spacial score (nSPS) is 20.9. The van der Waals surface area contributed by atoms with E-state index < -0.39 is 18.3 Å². The van der Waals surface area contributed by atoms with Crippen molar-refractivity contribution in [2.75, 3.05) is 6.26 Å². The molecule has 0 spiro atoms. The molecule has 1 aliphatic rings. The fourth-order valence-electron chi connectivity index (χ4n) is 2.10. The van der Waals surface area contributed by atoms with Crippen LogP contribution in [0.2, 0.25) is 0 Å². The van der Waals surface area contributed by atoms with Crippen molar-refractivity contribution >= 4 is 24.3 Å². The van der Waals surface area contributed by atoms with E-state index in [-0.39, 0.29) is 5.82 Å². The SMILES string of the molecule is CSc1cc(F)cc(B2OC(C)(C)C(C)(C)O2)c1C. The zero-order valence-corrected chi connectivity index (χ0v) is 13.2. The molecule has 0 aliphatic carbocycles. The second-order valence-corrected chi connectivity index (χ2v) is 6.76. The molecule has 5 heteroatoms. The van der Waals surface area contributed by atoms with Gasteiger partial charge in [-0.2, -0.15) is 0 Å². The fraction of sp³-hybridized carbons (Fsp3) is 0.571. The van der Waals surface area contributed by atoms with Gasteiger partial charge in [0, 0.05) is 4.90 Å². The first-order chi connectivity index (χ1) is 8.68. The first-order valence-corrected chi connectivity index (χ1v) is 7.60. The fourth-order valence-corrected chi connectivity index (χ4v) is 2.76. The molecule has 0 N–H and O–H groups in total. The van der Waals surface area contributed by atoms with Crippen molar-refractivity contribution in [2.45, 2.75) is 50.7 Å². The summed E-state index contributed by atoms with van der Waals surface area (Å²) in [5.74, 6) is -0.250. The van der Waals surface area contributed by atoms with E-state index in [4.69, 9.17) is 9.31 Å². The minimum Gasteiger partial charge on any atom is -0.399 e. The van der Waals surface area contributed by atoms with Gasteiger partial charge in [-0.25, -0.2) is 4.39 Å².